The molecule has 0 saturated heterocycles. The van der Waals surface area contributed by atoms with Gasteiger partial charge >= 0.3 is 6.03 Å². The van der Waals surface area contributed by atoms with Crippen LogP contribution in [0.3, 0.4) is 0 Å². The lowest BCUT2D eigenvalue weighted by molar-refractivity contribution is -0.385. The second kappa shape index (κ2) is 6.03. The second-order valence-corrected chi connectivity index (χ2v) is 5.45. The summed E-state index contributed by atoms with van der Waals surface area (Å²) in [5.41, 5.74) is 1.04. The number of rotatable bonds is 3. The van der Waals surface area contributed by atoms with Crippen LogP contribution in [0.2, 0.25) is 0 Å². The largest absolute Gasteiger partial charge is 0.333 e. The topological polar surface area (TPSA) is 115 Å². The van der Waals surface area contributed by atoms with E-state index in [0.29, 0.717) is 17.8 Å². The average Bonchev–Trinajstić information content (AvgIpc) is 2.94. The number of hydrogen-bond donors (Lipinski definition) is 2. The maximum Gasteiger partial charge on any atom is 0.319 e. The van der Waals surface area contributed by atoms with Crippen molar-refractivity contribution in [1.82, 2.24) is 20.1 Å². The van der Waals surface area contributed by atoms with Crippen molar-refractivity contribution in [3.8, 4) is 0 Å². The van der Waals surface area contributed by atoms with Gasteiger partial charge in [0.15, 0.2) is 0 Å². The van der Waals surface area contributed by atoms with E-state index in [4.69, 9.17) is 0 Å². The molecule has 9 heteroatoms. The standard InChI is InChI=1S/C14H16N6O3/c1-9-6-10(2-4-12(9)20(22)23)17-14(21)18-11-3-5-13-15-8-16-19(13)7-11/h2,4,6,8,11H,3,5,7H2,1H3,(H2,17,18,21)/t11-/m1/s1. The molecule has 0 aliphatic carbocycles. The first-order valence-electron chi connectivity index (χ1n) is 7.22. The number of aromatic nitrogens is 3. The molecule has 23 heavy (non-hydrogen) atoms. The lowest BCUT2D eigenvalue weighted by Crippen LogP contribution is -2.43. The summed E-state index contributed by atoms with van der Waals surface area (Å²) in [6.07, 6.45) is 3.07. The van der Waals surface area contributed by atoms with Crippen molar-refractivity contribution in [3.63, 3.8) is 0 Å². The minimum Gasteiger partial charge on any atom is -0.333 e. The molecule has 120 valence electrons. The van der Waals surface area contributed by atoms with Crippen LogP contribution in [0.4, 0.5) is 16.2 Å². The van der Waals surface area contributed by atoms with Crippen molar-refractivity contribution in [1.29, 1.82) is 0 Å². The summed E-state index contributed by atoms with van der Waals surface area (Å²) in [5.74, 6) is 0.925. The molecule has 2 heterocycles. The number of carbonyl (C=O) groups excluding carboxylic acids is 1. The van der Waals surface area contributed by atoms with Crippen molar-refractivity contribution in [2.75, 3.05) is 5.32 Å². The van der Waals surface area contributed by atoms with Gasteiger partial charge in [0.1, 0.15) is 12.2 Å². The lowest BCUT2D eigenvalue weighted by atomic mass is 10.1. The number of benzene rings is 1. The first-order valence-corrected chi connectivity index (χ1v) is 7.22. The number of fused-ring (bicyclic) bond motifs is 1. The predicted octanol–water partition coefficient (Wildman–Crippen LogP) is 1.63. The number of carbonyl (C=O) groups is 1. The zero-order valence-electron chi connectivity index (χ0n) is 12.5. The monoisotopic (exact) mass is 316 g/mol. The summed E-state index contributed by atoms with van der Waals surface area (Å²) >= 11 is 0. The maximum atomic E-state index is 12.1. The van der Waals surface area contributed by atoms with E-state index < -0.39 is 4.92 Å². The highest BCUT2D eigenvalue weighted by atomic mass is 16.6. The fraction of sp³-hybridized carbons (Fsp3) is 0.357. The summed E-state index contributed by atoms with van der Waals surface area (Å²) in [5, 5.41) is 20.5. The Morgan fingerprint density at radius 3 is 3.04 bits per heavy atom. The van der Waals surface area contributed by atoms with Gasteiger partial charge in [0.25, 0.3) is 5.69 Å². The van der Waals surface area contributed by atoms with Crippen LogP contribution in [0, 0.1) is 17.0 Å². The van der Waals surface area contributed by atoms with Crippen LogP contribution in [0.5, 0.6) is 0 Å². The van der Waals surface area contributed by atoms with Crippen LogP contribution < -0.4 is 10.6 Å². The predicted molar refractivity (Wildman–Crippen MR) is 82.1 cm³/mol. The van der Waals surface area contributed by atoms with Crippen LogP contribution in [-0.4, -0.2) is 31.8 Å². The average molecular weight is 316 g/mol. The number of nitrogens with zero attached hydrogens (tertiary/aromatic N) is 4. The van der Waals surface area contributed by atoms with Crippen LogP contribution in [-0.2, 0) is 13.0 Å². The normalized spacial score (nSPS) is 16.5. The highest BCUT2D eigenvalue weighted by Gasteiger charge is 2.21. The molecule has 1 aromatic carbocycles. The van der Waals surface area contributed by atoms with Gasteiger partial charge in [-0.3, -0.25) is 10.1 Å². The summed E-state index contributed by atoms with van der Waals surface area (Å²) in [7, 11) is 0. The molecule has 2 N–H and O–H groups in total. The Balaban J connectivity index is 1.60. The first kappa shape index (κ1) is 14.9. The minimum absolute atomic E-state index is 0.0247. The van der Waals surface area contributed by atoms with Crippen molar-refractivity contribution in [2.45, 2.75) is 32.4 Å². The van der Waals surface area contributed by atoms with Gasteiger partial charge in [-0.1, -0.05) is 0 Å². The highest BCUT2D eigenvalue weighted by Crippen LogP contribution is 2.21. The van der Waals surface area contributed by atoms with E-state index in [2.05, 4.69) is 20.7 Å². The molecule has 0 saturated carbocycles. The number of nitrogens with one attached hydrogen (secondary N) is 2. The van der Waals surface area contributed by atoms with Gasteiger partial charge < -0.3 is 10.6 Å². The number of hydrogen-bond acceptors (Lipinski definition) is 5. The lowest BCUT2D eigenvalue weighted by Gasteiger charge is -2.23. The third kappa shape index (κ3) is 3.28. The molecule has 0 fully saturated rings. The molecular formula is C14H16N6O3. The third-order valence-electron chi connectivity index (χ3n) is 3.79. The molecule has 0 spiro atoms. The molecule has 1 atom stereocenters. The minimum atomic E-state index is -0.448. The van der Waals surface area contributed by atoms with E-state index in [9.17, 15) is 14.9 Å². The van der Waals surface area contributed by atoms with Gasteiger partial charge in [-0.2, -0.15) is 5.10 Å². The number of urea groups is 1. The van der Waals surface area contributed by atoms with Crippen LogP contribution in [0.25, 0.3) is 0 Å². The van der Waals surface area contributed by atoms with Crippen molar-refractivity contribution in [3.05, 3.63) is 46.0 Å². The molecule has 1 aromatic heterocycles. The Bertz CT molecular complexity index is 757. The Hall–Kier alpha value is -2.97. The smallest absolute Gasteiger partial charge is 0.319 e. The zero-order chi connectivity index (χ0) is 16.4. The van der Waals surface area contributed by atoms with E-state index in [1.54, 1.807) is 17.7 Å². The highest BCUT2D eigenvalue weighted by molar-refractivity contribution is 5.89. The SMILES string of the molecule is Cc1cc(NC(=O)N[C@@H]2CCc3ncnn3C2)ccc1[N+](=O)[O-]. The van der Waals surface area contributed by atoms with Crippen molar-refractivity contribution >= 4 is 17.4 Å². The molecule has 0 bridgehead atoms. The summed E-state index contributed by atoms with van der Waals surface area (Å²) in [6.45, 7) is 2.22. The second-order valence-electron chi connectivity index (χ2n) is 5.45. The van der Waals surface area contributed by atoms with E-state index in [0.717, 1.165) is 18.7 Å². The van der Waals surface area contributed by atoms with Gasteiger partial charge in [-0.15, -0.1) is 0 Å². The van der Waals surface area contributed by atoms with Gasteiger partial charge in [0.2, 0.25) is 0 Å². The summed E-state index contributed by atoms with van der Waals surface area (Å²) in [6, 6.07) is 4.11. The number of nitro groups is 1. The van der Waals surface area contributed by atoms with E-state index in [-0.39, 0.29) is 17.8 Å². The quantitative estimate of drug-likeness (QED) is 0.659. The fourth-order valence-corrected chi connectivity index (χ4v) is 2.65. The third-order valence-corrected chi connectivity index (χ3v) is 3.79. The van der Waals surface area contributed by atoms with Crippen molar-refractivity contribution < 1.29 is 9.72 Å². The molecule has 0 radical (unpaired) electrons. The Labute approximate surface area is 131 Å². The molecule has 3 rings (SSSR count). The van der Waals surface area contributed by atoms with E-state index >= 15 is 0 Å². The van der Waals surface area contributed by atoms with Gasteiger partial charge in [0.05, 0.1) is 17.5 Å². The van der Waals surface area contributed by atoms with Gasteiger partial charge in [-0.05, 0) is 25.5 Å². The number of anilines is 1. The van der Waals surface area contributed by atoms with Crippen LogP contribution >= 0.6 is 0 Å². The van der Waals surface area contributed by atoms with Gasteiger partial charge in [-0.25, -0.2) is 14.5 Å². The molecule has 9 nitrogen and oxygen atoms in total. The van der Waals surface area contributed by atoms with E-state index in [1.807, 2.05) is 0 Å². The van der Waals surface area contributed by atoms with Crippen LogP contribution in [0.1, 0.15) is 17.8 Å². The summed E-state index contributed by atoms with van der Waals surface area (Å²) in [4.78, 5) is 26.5. The Morgan fingerprint density at radius 1 is 1.48 bits per heavy atom. The Morgan fingerprint density at radius 2 is 2.30 bits per heavy atom. The molecule has 1 aliphatic rings. The zero-order valence-corrected chi connectivity index (χ0v) is 12.5. The van der Waals surface area contributed by atoms with Crippen LogP contribution in [0.15, 0.2) is 24.5 Å². The molecular weight excluding hydrogens is 300 g/mol. The Kier molecular flexibility index (Phi) is 3.92. The number of nitro benzene ring substituents is 1. The first-order chi connectivity index (χ1) is 11.0. The molecule has 1 aliphatic heterocycles. The summed E-state index contributed by atoms with van der Waals surface area (Å²) < 4.78 is 1.78. The fourth-order valence-electron chi connectivity index (χ4n) is 2.65. The van der Waals surface area contributed by atoms with Gasteiger partial charge in [0, 0.05) is 23.7 Å². The van der Waals surface area contributed by atoms with E-state index in [1.165, 1.54) is 18.5 Å². The maximum absolute atomic E-state index is 12.1. The molecule has 0 unspecified atom stereocenters. The number of amides is 2. The molecule has 2 amide bonds. The molecule has 2 aromatic rings. The van der Waals surface area contributed by atoms with Crippen molar-refractivity contribution in [2.24, 2.45) is 0 Å². The number of aryl methyl sites for hydroxylation is 2.